The monoisotopic (exact) mass is 290 g/mol. The molecular formula is C16H22N2O3. The van der Waals surface area contributed by atoms with Crippen LogP contribution in [0.2, 0.25) is 0 Å². The fourth-order valence-electron chi connectivity index (χ4n) is 2.73. The van der Waals surface area contributed by atoms with Crippen LogP contribution in [-0.2, 0) is 9.59 Å². The molecule has 1 amide bonds. The van der Waals surface area contributed by atoms with E-state index in [0.717, 1.165) is 11.3 Å². The van der Waals surface area contributed by atoms with Crippen LogP contribution in [0.1, 0.15) is 18.9 Å². The topological polar surface area (TPSA) is 69.6 Å². The minimum absolute atomic E-state index is 0.0201. The Balaban J connectivity index is 1.81. The number of carboxylic acid groups (broad SMARTS) is 1. The normalized spacial score (nSPS) is 21.3. The minimum atomic E-state index is -0.809. The summed E-state index contributed by atoms with van der Waals surface area (Å²) in [6.07, 6.45) is 0.382. The van der Waals surface area contributed by atoms with Gasteiger partial charge in [-0.1, -0.05) is 25.1 Å². The summed E-state index contributed by atoms with van der Waals surface area (Å²) in [6.45, 7) is 5.34. The van der Waals surface area contributed by atoms with Gasteiger partial charge in [-0.15, -0.1) is 0 Å². The predicted octanol–water partition coefficient (Wildman–Crippen LogP) is 1.98. The van der Waals surface area contributed by atoms with Gasteiger partial charge in [-0.2, -0.15) is 0 Å². The van der Waals surface area contributed by atoms with Gasteiger partial charge in [0, 0.05) is 31.7 Å². The molecule has 1 heterocycles. The van der Waals surface area contributed by atoms with Crippen LogP contribution in [0.15, 0.2) is 24.3 Å². The number of aryl methyl sites for hydroxylation is 1. The second-order valence-electron chi connectivity index (χ2n) is 5.71. The van der Waals surface area contributed by atoms with Crippen molar-refractivity contribution < 1.29 is 14.7 Å². The molecule has 1 aliphatic heterocycles. The number of benzene rings is 1. The second kappa shape index (κ2) is 6.61. The van der Waals surface area contributed by atoms with E-state index in [1.54, 1.807) is 4.90 Å². The summed E-state index contributed by atoms with van der Waals surface area (Å²) in [5, 5.41) is 12.3. The highest BCUT2D eigenvalue weighted by molar-refractivity contribution is 5.79. The Morgan fingerprint density at radius 3 is 2.67 bits per heavy atom. The van der Waals surface area contributed by atoms with Crippen LogP contribution in [0.3, 0.4) is 0 Å². The molecule has 0 spiro atoms. The summed E-state index contributed by atoms with van der Waals surface area (Å²) in [4.78, 5) is 24.9. The van der Waals surface area contributed by atoms with E-state index in [1.807, 2.05) is 38.1 Å². The fourth-order valence-corrected chi connectivity index (χ4v) is 2.73. The van der Waals surface area contributed by atoms with Gasteiger partial charge in [0.2, 0.25) is 5.91 Å². The number of nitrogens with zero attached hydrogens (tertiary/aromatic N) is 1. The highest BCUT2D eigenvalue weighted by Crippen LogP contribution is 2.23. The first-order valence-electron chi connectivity index (χ1n) is 7.29. The van der Waals surface area contributed by atoms with E-state index in [-0.39, 0.29) is 11.8 Å². The van der Waals surface area contributed by atoms with Gasteiger partial charge in [-0.25, -0.2) is 0 Å². The third kappa shape index (κ3) is 3.74. The molecule has 1 fully saturated rings. The summed E-state index contributed by atoms with van der Waals surface area (Å²) < 4.78 is 0. The third-order valence-electron chi connectivity index (χ3n) is 4.08. The van der Waals surface area contributed by atoms with Crippen molar-refractivity contribution in [1.29, 1.82) is 0 Å². The number of carbonyl (C=O) groups is 2. The number of carbonyl (C=O) groups excluding carboxylic acids is 1. The van der Waals surface area contributed by atoms with Crippen LogP contribution >= 0.6 is 0 Å². The minimum Gasteiger partial charge on any atom is -0.481 e. The van der Waals surface area contributed by atoms with Gasteiger partial charge in [0.05, 0.1) is 5.92 Å². The summed E-state index contributed by atoms with van der Waals surface area (Å²) >= 11 is 0. The van der Waals surface area contributed by atoms with Crippen molar-refractivity contribution in [2.75, 3.05) is 25.0 Å². The molecule has 5 heteroatoms. The van der Waals surface area contributed by atoms with E-state index in [1.165, 1.54) is 0 Å². The zero-order valence-corrected chi connectivity index (χ0v) is 12.5. The van der Waals surface area contributed by atoms with Gasteiger partial charge in [0.15, 0.2) is 0 Å². The standard InChI is InChI=1S/C16H22N2O3/c1-11-5-3-4-6-14(11)17-8-7-15(19)18-9-12(2)13(10-18)16(20)21/h3-6,12-13,17H,7-10H2,1-2H3,(H,20,21)/t12-,13-/m1/s1. The first-order chi connectivity index (χ1) is 9.99. The van der Waals surface area contributed by atoms with Crippen molar-refractivity contribution in [3.8, 4) is 0 Å². The van der Waals surface area contributed by atoms with Crippen molar-refractivity contribution in [3.05, 3.63) is 29.8 Å². The van der Waals surface area contributed by atoms with Gasteiger partial charge < -0.3 is 15.3 Å². The predicted molar refractivity (Wildman–Crippen MR) is 81.2 cm³/mol. The average Bonchev–Trinajstić information content (AvgIpc) is 2.83. The molecule has 5 nitrogen and oxygen atoms in total. The molecule has 2 N–H and O–H groups in total. The molecular weight excluding hydrogens is 268 g/mol. The molecule has 0 aliphatic carbocycles. The lowest BCUT2D eigenvalue weighted by atomic mass is 9.99. The summed E-state index contributed by atoms with van der Waals surface area (Å²) in [5.41, 5.74) is 2.18. The number of amides is 1. The zero-order valence-electron chi connectivity index (χ0n) is 12.5. The van der Waals surface area contributed by atoms with Crippen molar-refractivity contribution in [3.63, 3.8) is 0 Å². The van der Waals surface area contributed by atoms with E-state index in [4.69, 9.17) is 5.11 Å². The molecule has 2 atom stereocenters. The maximum atomic E-state index is 12.1. The van der Waals surface area contributed by atoms with Crippen molar-refractivity contribution >= 4 is 17.6 Å². The zero-order chi connectivity index (χ0) is 15.4. The first kappa shape index (κ1) is 15.4. The summed E-state index contributed by atoms with van der Waals surface area (Å²) in [7, 11) is 0. The van der Waals surface area contributed by atoms with Gasteiger partial charge in [-0.3, -0.25) is 9.59 Å². The highest BCUT2D eigenvalue weighted by Gasteiger charge is 2.36. The van der Waals surface area contributed by atoms with Crippen LogP contribution < -0.4 is 5.32 Å². The number of likely N-dealkylation sites (tertiary alicyclic amines) is 1. The van der Waals surface area contributed by atoms with E-state index < -0.39 is 11.9 Å². The van der Waals surface area contributed by atoms with Gasteiger partial charge in [0.25, 0.3) is 0 Å². The van der Waals surface area contributed by atoms with Crippen molar-refractivity contribution in [2.24, 2.45) is 11.8 Å². The van der Waals surface area contributed by atoms with Gasteiger partial charge in [0.1, 0.15) is 0 Å². The van der Waals surface area contributed by atoms with Crippen molar-refractivity contribution in [2.45, 2.75) is 20.3 Å². The molecule has 114 valence electrons. The lowest BCUT2D eigenvalue weighted by Gasteiger charge is -2.16. The third-order valence-corrected chi connectivity index (χ3v) is 4.08. The lowest BCUT2D eigenvalue weighted by Crippen LogP contribution is -2.31. The molecule has 0 aromatic heterocycles. The second-order valence-corrected chi connectivity index (χ2v) is 5.71. The smallest absolute Gasteiger partial charge is 0.308 e. The number of anilines is 1. The SMILES string of the molecule is Cc1ccccc1NCCC(=O)N1C[C@@H](C)[C@H](C(=O)O)C1. The van der Waals surface area contributed by atoms with Crippen LogP contribution in [0.25, 0.3) is 0 Å². The van der Waals surface area contributed by atoms with E-state index in [0.29, 0.717) is 26.1 Å². The Kier molecular flexibility index (Phi) is 4.83. The molecule has 21 heavy (non-hydrogen) atoms. The Hall–Kier alpha value is -2.04. The van der Waals surface area contributed by atoms with Crippen molar-refractivity contribution in [1.82, 2.24) is 4.90 Å². The van der Waals surface area contributed by atoms with Crippen LogP contribution in [0.4, 0.5) is 5.69 Å². The molecule has 1 saturated heterocycles. The lowest BCUT2D eigenvalue weighted by molar-refractivity contribution is -0.142. The van der Waals surface area contributed by atoms with E-state index >= 15 is 0 Å². The first-order valence-corrected chi connectivity index (χ1v) is 7.29. The number of para-hydroxylation sites is 1. The molecule has 0 unspecified atom stereocenters. The number of nitrogens with one attached hydrogen (secondary N) is 1. The maximum Gasteiger partial charge on any atom is 0.308 e. The average molecular weight is 290 g/mol. The molecule has 1 aromatic carbocycles. The number of hydrogen-bond donors (Lipinski definition) is 2. The van der Waals surface area contributed by atoms with Gasteiger partial charge >= 0.3 is 5.97 Å². The maximum absolute atomic E-state index is 12.1. The molecule has 1 aromatic rings. The Morgan fingerprint density at radius 2 is 2.05 bits per heavy atom. The largest absolute Gasteiger partial charge is 0.481 e. The Labute approximate surface area is 125 Å². The van der Waals surface area contributed by atoms with Crippen LogP contribution in [-0.4, -0.2) is 41.5 Å². The fraction of sp³-hybridized carbons (Fsp3) is 0.500. The highest BCUT2D eigenvalue weighted by atomic mass is 16.4. The number of aliphatic carboxylic acids is 1. The molecule has 0 saturated carbocycles. The quantitative estimate of drug-likeness (QED) is 0.870. The Bertz CT molecular complexity index is 530. The van der Waals surface area contributed by atoms with Crippen LogP contribution in [0.5, 0.6) is 0 Å². The number of carboxylic acids is 1. The number of hydrogen-bond acceptors (Lipinski definition) is 3. The molecule has 0 radical (unpaired) electrons. The van der Waals surface area contributed by atoms with E-state index in [2.05, 4.69) is 5.32 Å². The Morgan fingerprint density at radius 1 is 1.33 bits per heavy atom. The molecule has 1 aliphatic rings. The number of rotatable bonds is 5. The van der Waals surface area contributed by atoms with Crippen LogP contribution in [0, 0.1) is 18.8 Å². The van der Waals surface area contributed by atoms with E-state index in [9.17, 15) is 9.59 Å². The molecule has 0 bridgehead atoms. The van der Waals surface area contributed by atoms with Gasteiger partial charge in [-0.05, 0) is 24.5 Å². The summed E-state index contributed by atoms with van der Waals surface area (Å²) in [6, 6.07) is 7.93. The molecule has 2 rings (SSSR count). The summed E-state index contributed by atoms with van der Waals surface area (Å²) in [5.74, 6) is -1.20.